The van der Waals surface area contributed by atoms with Gasteiger partial charge in [0.05, 0.1) is 24.9 Å². The van der Waals surface area contributed by atoms with Gasteiger partial charge in [-0.05, 0) is 76.7 Å². The van der Waals surface area contributed by atoms with E-state index in [2.05, 4.69) is 11.9 Å². The van der Waals surface area contributed by atoms with Crippen LogP contribution in [0.25, 0.3) is 0 Å². The number of nitrogens with zero attached hydrogens (tertiary/aromatic N) is 1. The summed E-state index contributed by atoms with van der Waals surface area (Å²) in [6.07, 6.45) is 11.1. The van der Waals surface area contributed by atoms with E-state index in [4.69, 9.17) is 14.2 Å². The molecule has 0 aromatic rings. The number of rotatable bonds is 4. The standard InChI is InChI=1S/C22H36FNO3/c1-24-16-6-8-20(24)19(18(10-16)14-2-4-15(23)5-3-14)12-25-17-7-9-21-22(11-17)27-13-26-21/h14-22H,2-13H2,1H3/t14?,15?,16?,17?,18-,19-,20+,21?,22?/m0/s1. The lowest BCUT2D eigenvalue weighted by Crippen LogP contribution is -2.51. The van der Waals surface area contributed by atoms with E-state index in [0.717, 1.165) is 63.5 Å². The van der Waals surface area contributed by atoms with Crippen LogP contribution in [0.15, 0.2) is 0 Å². The van der Waals surface area contributed by atoms with Gasteiger partial charge < -0.3 is 19.1 Å². The molecule has 0 spiro atoms. The molecule has 3 aliphatic heterocycles. The lowest BCUT2D eigenvalue weighted by Gasteiger charge is -2.47. The van der Waals surface area contributed by atoms with Crippen molar-refractivity contribution in [3.63, 3.8) is 0 Å². The third-order valence-corrected chi connectivity index (χ3v) is 8.56. The fraction of sp³-hybridized carbons (Fsp3) is 1.00. The average molecular weight is 382 g/mol. The number of fused-ring (bicyclic) bond motifs is 3. The molecular formula is C22H36FNO3. The predicted octanol–water partition coefficient (Wildman–Crippen LogP) is 3.92. The van der Waals surface area contributed by atoms with E-state index in [9.17, 15) is 4.39 Å². The van der Waals surface area contributed by atoms with Crippen LogP contribution in [0.5, 0.6) is 0 Å². The van der Waals surface area contributed by atoms with E-state index in [-0.39, 0.29) is 6.10 Å². The van der Waals surface area contributed by atoms with E-state index < -0.39 is 6.17 Å². The fourth-order valence-corrected chi connectivity index (χ4v) is 6.94. The fourth-order valence-electron chi connectivity index (χ4n) is 6.94. The third kappa shape index (κ3) is 3.70. The highest BCUT2D eigenvalue weighted by molar-refractivity contribution is 5.01. The Labute approximate surface area is 163 Å². The summed E-state index contributed by atoms with van der Waals surface area (Å²) in [5.41, 5.74) is 0. The first-order valence-electron chi connectivity index (χ1n) is 11.4. The molecule has 0 N–H and O–H groups in total. The van der Waals surface area contributed by atoms with Crippen molar-refractivity contribution in [1.82, 2.24) is 4.90 Å². The van der Waals surface area contributed by atoms with Crippen LogP contribution < -0.4 is 0 Å². The smallest absolute Gasteiger partial charge is 0.147 e. The number of piperidine rings is 1. The van der Waals surface area contributed by atoms with Crippen LogP contribution in [-0.4, -0.2) is 61.9 Å². The normalized spacial score (nSPS) is 50.7. The highest BCUT2D eigenvalue weighted by atomic mass is 19.1. The zero-order valence-corrected chi connectivity index (χ0v) is 16.7. The summed E-state index contributed by atoms with van der Waals surface area (Å²) < 4.78 is 31.6. The van der Waals surface area contributed by atoms with Gasteiger partial charge in [-0.3, -0.25) is 0 Å². The molecule has 4 unspecified atom stereocenters. The number of hydrogen-bond donors (Lipinski definition) is 0. The summed E-state index contributed by atoms with van der Waals surface area (Å²) in [6.45, 7) is 1.34. The molecule has 2 saturated carbocycles. The van der Waals surface area contributed by atoms with E-state index in [0.29, 0.717) is 36.9 Å². The second kappa shape index (κ2) is 7.89. The summed E-state index contributed by atoms with van der Waals surface area (Å²) in [6, 6.07) is 1.41. The van der Waals surface area contributed by atoms with Crippen LogP contribution in [0, 0.1) is 17.8 Å². The molecule has 3 saturated heterocycles. The van der Waals surface area contributed by atoms with Crippen molar-refractivity contribution < 1.29 is 18.6 Å². The molecule has 0 aromatic heterocycles. The van der Waals surface area contributed by atoms with Crippen molar-refractivity contribution in [2.75, 3.05) is 20.4 Å². The highest BCUT2D eigenvalue weighted by Gasteiger charge is 2.48. The molecule has 5 fully saturated rings. The lowest BCUT2D eigenvalue weighted by atomic mass is 9.68. The van der Waals surface area contributed by atoms with Gasteiger partial charge in [-0.1, -0.05) is 0 Å². The number of hydrogen-bond acceptors (Lipinski definition) is 4. The number of ether oxygens (including phenoxy) is 3. The molecule has 5 aliphatic rings. The minimum absolute atomic E-state index is 0.240. The van der Waals surface area contributed by atoms with Crippen LogP contribution >= 0.6 is 0 Å². The van der Waals surface area contributed by atoms with Crippen LogP contribution in [0.3, 0.4) is 0 Å². The molecule has 2 aliphatic carbocycles. The van der Waals surface area contributed by atoms with Gasteiger partial charge in [0.25, 0.3) is 0 Å². The van der Waals surface area contributed by atoms with Gasteiger partial charge in [0.2, 0.25) is 0 Å². The molecule has 5 rings (SSSR count). The Bertz CT molecular complexity index is 512. The molecule has 0 amide bonds. The second-order valence-electron chi connectivity index (χ2n) is 9.84. The van der Waals surface area contributed by atoms with E-state index >= 15 is 0 Å². The maximum atomic E-state index is 13.7. The second-order valence-corrected chi connectivity index (χ2v) is 9.84. The molecule has 0 radical (unpaired) electrons. The molecule has 3 heterocycles. The van der Waals surface area contributed by atoms with Crippen LogP contribution in [0.2, 0.25) is 0 Å². The van der Waals surface area contributed by atoms with Crippen LogP contribution in [0.1, 0.15) is 64.2 Å². The SMILES string of the molecule is CN1C2CC[C@@H]1[C@@H](COC1CCC3OCOC3C1)[C@H](C1CCC(F)CC1)C2. The van der Waals surface area contributed by atoms with Gasteiger partial charge in [0, 0.05) is 24.4 Å². The summed E-state index contributed by atoms with van der Waals surface area (Å²) >= 11 is 0. The zero-order chi connectivity index (χ0) is 18.4. The van der Waals surface area contributed by atoms with Gasteiger partial charge in [-0.2, -0.15) is 0 Å². The minimum atomic E-state index is -0.553. The molecule has 154 valence electrons. The van der Waals surface area contributed by atoms with Crippen LogP contribution in [0.4, 0.5) is 4.39 Å². The predicted molar refractivity (Wildman–Crippen MR) is 101 cm³/mol. The quantitative estimate of drug-likeness (QED) is 0.738. The lowest BCUT2D eigenvalue weighted by molar-refractivity contribution is -0.0759. The molecule has 27 heavy (non-hydrogen) atoms. The average Bonchev–Trinajstić information content (AvgIpc) is 3.23. The van der Waals surface area contributed by atoms with E-state index in [1.54, 1.807) is 0 Å². The monoisotopic (exact) mass is 381 g/mol. The molecule has 0 aromatic carbocycles. The highest BCUT2D eigenvalue weighted by Crippen LogP contribution is 2.48. The Balaban J connectivity index is 1.23. The van der Waals surface area contributed by atoms with Gasteiger partial charge in [-0.15, -0.1) is 0 Å². The van der Waals surface area contributed by atoms with E-state index in [1.807, 2.05) is 0 Å². The minimum Gasteiger partial charge on any atom is -0.378 e. The van der Waals surface area contributed by atoms with Crippen molar-refractivity contribution in [3.05, 3.63) is 0 Å². The zero-order valence-electron chi connectivity index (χ0n) is 16.7. The number of halogens is 1. The van der Waals surface area contributed by atoms with E-state index in [1.165, 1.54) is 19.3 Å². The maximum absolute atomic E-state index is 13.7. The van der Waals surface area contributed by atoms with Crippen molar-refractivity contribution >= 4 is 0 Å². The molecule has 4 nitrogen and oxygen atoms in total. The third-order valence-electron chi connectivity index (χ3n) is 8.56. The first kappa shape index (κ1) is 18.8. The van der Waals surface area contributed by atoms with Crippen molar-refractivity contribution in [1.29, 1.82) is 0 Å². The van der Waals surface area contributed by atoms with Gasteiger partial charge in [-0.25, -0.2) is 4.39 Å². The Kier molecular flexibility index (Phi) is 5.49. The van der Waals surface area contributed by atoms with Gasteiger partial charge in [0.15, 0.2) is 0 Å². The summed E-state index contributed by atoms with van der Waals surface area (Å²) in [7, 11) is 2.32. The Morgan fingerprint density at radius 1 is 0.926 bits per heavy atom. The topological polar surface area (TPSA) is 30.9 Å². The van der Waals surface area contributed by atoms with Crippen molar-refractivity contribution in [2.45, 2.75) is 101 Å². The van der Waals surface area contributed by atoms with Gasteiger partial charge in [0.1, 0.15) is 13.0 Å². The Morgan fingerprint density at radius 2 is 1.74 bits per heavy atom. The first-order chi connectivity index (χ1) is 13.2. The summed E-state index contributed by atoms with van der Waals surface area (Å²) in [5, 5.41) is 0. The summed E-state index contributed by atoms with van der Waals surface area (Å²) in [4.78, 5) is 2.64. The van der Waals surface area contributed by atoms with Crippen LogP contribution in [-0.2, 0) is 14.2 Å². The van der Waals surface area contributed by atoms with Gasteiger partial charge >= 0.3 is 0 Å². The Morgan fingerprint density at radius 3 is 2.59 bits per heavy atom. The number of alkyl halides is 1. The van der Waals surface area contributed by atoms with Crippen molar-refractivity contribution in [2.24, 2.45) is 17.8 Å². The maximum Gasteiger partial charge on any atom is 0.147 e. The molecule has 2 bridgehead atoms. The Hall–Kier alpha value is -0.230. The molecule has 5 heteroatoms. The first-order valence-corrected chi connectivity index (χ1v) is 11.4. The summed E-state index contributed by atoms with van der Waals surface area (Å²) in [5.74, 6) is 2.06. The largest absolute Gasteiger partial charge is 0.378 e. The molecule has 7 atom stereocenters. The van der Waals surface area contributed by atoms with Crippen molar-refractivity contribution in [3.8, 4) is 0 Å². The molecular weight excluding hydrogens is 345 g/mol.